The Bertz CT molecular complexity index is 618. The van der Waals surface area contributed by atoms with E-state index in [9.17, 15) is 4.79 Å². The number of amides is 1. The maximum atomic E-state index is 11.9. The molecule has 1 saturated heterocycles. The normalized spacial score (nSPS) is 17.9. The zero-order valence-electron chi connectivity index (χ0n) is 11.5. The van der Waals surface area contributed by atoms with Crippen LogP contribution in [-0.4, -0.2) is 28.4 Å². The Balaban J connectivity index is 1.60. The van der Waals surface area contributed by atoms with Gasteiger partial charge in [0, 0.05) is 23.9 Å². The molecule has 1 N–H and O–H groups in total. The molecule has 0 spiro atoms. The van der Waals surface area contributed by atoms with E-state index in [0.29, 0.717) is 24.0 Å². The SMILES string of the molecule is O=C(Nc1ccn(Cc2ccc(Cl)cc2)n1)[C@@H]1CCCO1. The van der Waals surface area contributed by atoms with E-state index in [-0.39, 0.29) is 12.0 Å². The fraction of sp³-hybridized carbons (Fsp3) is 0.333. The van der Waals surface area contributed by atoms with Crippen molar-refractivity contribution in [2.45, 2.75) is 25.5 Å². The van der Waals surface area contributed by atoms with Gasteiger partial charge in [-0.25, -0.2) is 0 Å². The van der Waals surface area contributed by atoms with Crippen molar-refractivity contribution in [3.63, 3.8) is 0 Å². The molecule has 0 aliphatic carbocycles. The molecule has 0 unspecified atom stereocenters. The van der Waals surface area contributed by atoms with Crippen molar-refractivity contribution in [1.82, 2.24) is 9.78 Å². The number of rotatable bonds is 4. The van der Waals surface area contributed by atoms with Gasteiger partial charge in [-0.3, -0.25) is 9.48 Å². The van der Waals surface area contributed by atoms with Crippen molar-refractivity contribution < 1.29 is 9.53 Å². The number of halogens is 1. The number of hydrogen-bond acceptors (Lipinski definition) is 3. The quantitative estimate of drug-likeness (QED) is 0.945. The minimum Gasteiger partial charge on any atom is -0.368 e. The van der Waals surface area contributed by atoms with E-state index in [1.165, 1.54) is 0 Å². The molecule has 1 aliphatic heterocycles. The van der Waals surface area contributed by atoms with Gasteiger partial charge in [0.05, 0.1) is 6.54 Å². The van der Waals surface area contributed by atoms with Crippen LogP contribution in [-0.2, 0) is 16.1 Å². The summed E-state index contributed by atoms with van der Waals surface area (Å²) >= 11 is 5.86. The Morgan fingerprint density at radius 1 is 1.38 bits per heavy atom. The average Bonchev–Trinajstić information content (AvgIpc) is 3.13. The molecule has 0 radical (unpaired) electrons. The molecule has 1 aromatic heterocycles. The Labute approximate surface area is 127 Å². The number of hydrogen-bond donors (Lipinski definition) is 1. The lowest BCUT2D eigenvalue weighted by Gasteiger charge is -2.08. The summed E-state index contributed by atoms with van der Waals surface area (Å²) in [4.78, 5) is 11.9. The number of carbonyl (C=O) groups is 1. The third-order valence-corrected chi connectivity index (χ3v) is 3.62. The molecule has 110 valence electrons. The van der Waals surface area contributed by atoms with Gasteiger partial charge in [-0.05, 0) is 30.5 Å². The molecule has 5 nitrogen and oxygen atoms in total. The van der Waals surface area contributed by atoms with Crippen LogP contribution in [0.5, 0.6) is 0 Å². The van der Waals surface area contributed by atoms with Crippen LogP contribution in [0.15, 0.2) is 36.5 Å². The topological polar surface area (TPSA) is 56.2 Å². The van der Waals surface area contributed by atoms with Gasteiger partial charge in [0.1, 0.15) is 6.10 Å². The van der Waals surface area contributed by atoms with Crippen LogP contribution < -0.4 is 5.32 Å². The molecule has 1 aromatic carbocycles. The molecule has 1 aliphatic rings. The van der Waals surface area contributed by atoms with E-state index in [1.807, 2.05) is 30.5 Å². The summed E-state index contributed by atoms with van der Waals surface area (Å²) in [6, 6.07) is 9.38. The van der Waals surface area contributed by atoms with Crippen LogP contribution in [0.1, 0.15) is 18.4 Å². The fourth-order valence-corrected chi connectivity index (χ4v) is 2.41. The van der Waals surface area contributed by atoms with Gasteiger partial charge < -0.3 is 10.1 Å². The minimum atomic E-state index is -0.341. The van der Waals surface area contributed by atoms with Crippen LogP contribution in [0.25, 0.3) is 0 Å². The first kappa shape index (κ1) is 14.1. The molecule has 1 atom stereocenters. The monoisotopic (exact) mass is 305 g/mol. The molecule has 0 bridgehead atoms. The van der Waals surface area contributed by atoms with Gasteiger partial charge in [-0.2, -0.15) is 5.10 Å². The van der Waals surface area contributed by atoms with Crippen molar-refractivity contribution >= 4 is 23.3 Å². The summed E-state index contributed by atoms with van der Waals surface area (Å²) in [6.45, 7) is 1.29. The highest BCUT2D eigenvalue weighted by Gasteiger charge is 2.23. The third kappa shape index (κ3) is 3.62. The molecule has 3 rings (SSSR count). The fourth-order valence-electron chi connectivity index (χ4n) is 2.28. The second-order valence-corrected chi connectivity index (χ2v) is 5.45. The Morgan fingerprint density at radius 2 is 2.19 bits per heavy atom. The molecular weight excluding hydrogens is 290 g/mol. The van der Waals surface area contributed by atoms with Crippen LogP contribution in [0.4, 0.5) is 5.82 Å². The van der Waals surface area contributed by atoms with Crippen molar-refractivity contribution in [3.05, 3.63) is 47.1 Å². The van der Waals surface area contributed by atoms with Gasteiger partial charge >= 0.3 is 0 Å². The second kappa shape index (κ2) is 6.28. The highest BCUT2D eigenvalue weighted by Crippen LogP contribution is 2.15. The number of ether oxygens (including phenoxy) is 1. The number of nitrogens with zero attached hydrogens (tertiary/aromatic N) is 2. The first-order chi connectivity index (χ1) is 10.2. The number of aromatic nitrogens is 2. The number of carbonyl (C=O) groups excluding carboxylic acids is 1. The lowest BCUT2D eigenvalue weighted by Crippen LogP contribution is -2.27. The summed E-state index contributed by atoms with van der Waals surface area (Å²) < 4.78 is 7.11. The number of nitrogens with one attached hydrogen (secondary N) is 1. The lowest BCUT2D eigenvalue weighted by atomic mass is 10.2. The summed E-state index contributed by atoms with van der Waals surface area (Å²) in [5.41, 5.74) is 1.10. The van der Waals surface area contributed by atoms with Crippen molar-refractivity contribution in [1.29, 1.82) is 0 Å². The molecule has 1 amide bonds. The van der Waals surface area contributed by atoms with Gasteiger partial charge in [0.15, 0.2) is 5.82 Å². The summed E-state index contributed by atoms with van der Waals surface area (Å²) in [5, 5.41) is 7.83. The number of benzene rings is 1. The summed E-state index contributed by atoms with van der Waals surface area (Å²) in [7, 11) is 0. The first-order valence-corrected chi connectivity index (χ1v) is 7.29. The van der Waals surface area contributed by atoms with Gasteiger partial charge in [0.2, 0.25) is 0 Å². The second-order valence-electron chi connectivity index (χ2n) is 5.02. The van der Waals surface area contributed by atoms with E-state index in [1.54, 1.807) is 10.7 Å². The van der Waals surface area contributed by atoms with Crippen LogP contribution in [0, 0.1) is 0 Å². The van der Waals surface area contributed by atoms with Gasteiger partial charge in [-0.1, -0.05) is 23.7 Å². The molecule has 21 heavy (non-hydrogen) atoms. The molecule has 0 saturated carbocycles. The Kier molecular flexibility index (Phi) is 4.22. The first-order valence-electron chi connectivity index (χ1n) is 6.91. The lowest BCUT2D eigenvalue weighted by molar-refractivity contribution is -0.124. The van der Waals surface area contributed by atoms with E-state index >= 15 is 0 Å². The van der Waals surface area contributed by atoms with Crippen molar-refractivity contribution in [2.24, 2.45) is 0 Å². The van der Waals surface area contributed by atoms with Gasteiger partial charge in [0.25, 0.3) is 5.91 Å². The van der Waals surface area contributed by atoms with Crippen molar-refractivity contribution in [3.8, 4) is 0 Å². The number of anilines is 1. The minimum absolute atomic E-state index is 0.121. The summed E-state index contributed by atoms with van der Waals surface area (Å²) in [6.07, 6.45) is 3.20. The Morgan fingerprint density at radius 3 is 2.90 bits per heavy atom. The third-order valence-electron chi connectivity index (χ3n) is 3.37. The Hall–Kier alpha value is -1.85. The maximum absolute atomic E-state index is 11.9. The maximum Gasteiger partial charge on any atom is 0.254 e. The standard InChI is InChI=1S/C15H16ClN3O2/c16-12-5-3-11(4-6-12)10-19-8-7-14(18-19)17-15(20)13-2-1-9-21-13/h3-8,13H,1-2,9-10H2,(H,17,18,20)/t13-/m0/s1. The average molecular weight is 306 g/mol. The zero-order valence-corrected chi connectivity index (χ0v) is 12.2. The molecule has 2 heterocycles. The van der Waals surface area contributed by atoms with Crippen molar-refractivity contribution in [2.75, 3.05) is 11.9 Å². The predicted octanol–water partition coefficient (Wildman–Crippen LogP) is 2.70. The molecule has 1 fully saturated rings. The van der Waals surface area contributed by atoms with Crippen LogP contribution >= 0.6 is 11.6 Å². The highest BCUT2D eigenvalue weighted by atomic mass is 35.5. The summed E-state index contributed by atoms with van der Waals surface area (Å²) in [5.74, 6) is 0.425. The molecular formula is C15H16ClN3O2. The van der Waals surface area contributed by atoms with Gasteiger partial charge in [-0.15, -0.1) is 0 Å². The molecule has 6 heteroatoms. The van der Waals surface area contributed by atoms with E-state index < -0.39 is 0 Å². The van der Waals surface area contributed by atoms with E-state index in [4.69, 9.17) is 16.3 Å². The smallest absolute Gasteiger partial charge is 0.254 e. The van der Waals surface area contributed by atoms with E-state index in [0.717, 1.165) is 18.4 Å². The molecule has 2 aromatic rings. The predicted molar refractivity (Wildman–Crippen MR) is 80.4 cm³/mol. The van der Waals surface area contributed by atoms with Crippen LogP contribution in [0.3, 0.4) is 0 Å². The largest absolute Gasteiger partial charge is 0.368 e. The zero-order chi connectivity index (χ0) is 14.7. The highest BCUT2D eigenvalue weighted by molar-refractivity contribution is 6.30. The van der Waals surface area contributed by atoms with Crippen LogP contribution in [0.2, 0.25) is 5.02 Å². The van der Waals surface area contributed by atoms with E-state index in [2.05, 4.69) is 10.4 Å².